The molecule has 2 N–H and O–H groups in total. The lowest BCUT2D eigenvalue weighted by Crippen LogP contribution is -2.30. The monoisotopic (exact) mass is 306 g/mol. The fourth-order valence-electron chi connectivity index (χ4n) is 2.35. The fraction of sp³-hybridized carbons (Fsp3) is 0.118. The summed E-state index contributed by atoms with van der Waals surface area (Å²) in [6, 6.07) is 8.95. The van der Waals surface area contributed by atoms with Crippen molar-refractivity contribution in [3.8, 4) is 23.1 Å². The second kappa shape index (κ2) is 6.20. The van der Waals surface area contributed by atoms with Gasteiger partial charge in [0, 0.05) is 11.8 Å². The Balaban J connectivity index is 1.77. The van der Waals surface area contributed by atoms with Gasteiger partial charge in [-0.25, -0.2) is 4.68 Å². The van der Waals surface area contributed by atoms with Crippen LogP contribution in [0.3, 0.4) is 0 Å². The van der Waals surface area contributed by atoms with Crippen molar-refractivity contribution >= 4 is 6.29 Å². The molecule has 6 nitrogen and oxygen atoms in total. The molecule has 1 aliphatic rings. The molecular weight excluding hydrogens is 292 g/mol. The Bertz CT molecular complexity index is 825. The summed E-state index contributed by atoms with van der Waals surface area (Å²) < 4.78 is 1.50. The third-order valence-corrected chi connectivity index (χ3v) is 3.63. The summed E-state index contributed by atoms with van der Waals surface area (Å²) in [7, 11) is 0. The van der Waals surface area contributed by atoms with Gasteiger partial charge in [-0.15, -0.1) is 0 Å². The van der Waals surface area contributed by atoms with E-state index >= 15 is 0 Å². The Morgan fingerprint density at radius 3 is 2.78 bits per heavy atom. The standard InChI is InChI=1S/C17H14N4O2/c18-7-12-1-4-14(5-2-12)16-9-20-21(17(16)23)10-15-6-3-13(11-22)8-19-15/h1-6,8-9,11,15,19,23H,10H2. The van der Waals surface area contributed by atoms with Gasteiger partial charge >= 0.3 is 0 Å². The number of carbonyl (C=O) groups excluding carboxylic acids is 1. The van der Waals surface area contributed by atoms with Crippen LogP contribution in [0.1, 0.15) is 5.56 Å². The van der Waals surface area contributed by atoms with Gasteiger partial charge < -0.3 is 10.4 Å². The number of nitriles is 1. The third-order valence-electron chi connectivity index (χ3n) is 3.63. The predicted molar refractivity (Wildman–Crippen MR) is 84.3 cm³/mol. The average molecular weight is 306 g/mol. The minimum absolute atomic E-state index is 0.0571. The molecule has 1 aliphatic heterocycles. The molecule has 23 heavy (non-hydrogen) atoms. The van der Waals surface area contributed by atoms with Gasteiger partial charge in [0.1, 0.15) is 0 Å². The van der Waals surface area contributed by atoms with Gasteiger partial charge in [0.25, 0.3) is 0 Å². The average Bonchev–Trinajstić information content (AvgIpc) is 2.96. The molecule has 0 bridgehead atoms. The number of rotatable bonds is 4. The van der Waals surface area contributed by atoms with Crippen LogP contribution in [-0.4, -0.2) is 27.2 Å². The van der Waals surface area contributed by atoms with E-state index in [1.165, 1.54) is 4.68 Å². The van der Waals surface area contributed by atoms with Gasteiger partial charge in [-0.3, -0.25) is 4.79 Å². The third kappa shape index (κ3) is 2.99. The lowest BCUT2D eigenvalue weighted by Gasteiger charge is -2.17. The van der Waals surface area contributed by atoms with Crippen LogP contribution < -0.4 is 5.32 Å². The number of dihydropyridines is 1. The zero-order chi connectivity index (χ0) is 16.2. The molecule has 114 valence electrons. The predicted octanol–water partition coefficient (Wildman–Crippen LogP) is 1.74. The molecule has 1 atom stereocenters. The maximum atomic E-state index is 10.6. The first kappa shape index (κ1) is 14.6. The van der Waals surface area contributed by atoms with E-state index in [1.807, 2.05) is 6.08 Å². The lowest BCUT2D eigenvalue weighted by atomic mass is 10.1. The Labute approximate surface area is 133 Å². The van der Waals surface area contributed by atoms with E-state index in [4.69, 9.17) is 5.26 Å². The number of carbonyl (C=O) groups is 1. The molecule has 1 unspecified atom stereocenters. The normalized spacial score (nSPS) is 16.3. The first-order valence-electron chi connectivity index (χ1n) is 7.06. The maximum Gasteiger partial charge on any atom is 0.217 e. The second-order valence-electron chi connectivity index (χ2n) is 5.15. The number of allylic oxidation sites excluding steroid dienone is 2. The molecule has 3 rings (SSSR count). The summed E-state index contributed by atoms with van der Waals surface area (Å²) in [5, 5.41) is 26.4. The van der Waals surface area contributed by atoms with Crippen LogP contribution in [0.15, 0.2) is 54.4 Å². The number of benzene rings is 1. The molecule has 0 saturated heterocycles. The maximum absolute atomic E-state index is 10.6. The quantitative estimate of drug-likeness (QED) is 0.840. The van der Waals surface area contributed by atoms with Crippen molar-refractivity contribution in [2.24, 2.45) is 0 Å². The molecule has 0 fully saturated rings. The van der Waals surface area contributed by atoms with Crippen molar-refractivity contribution < 1.29 is 9.90 Å². The van der Waals surface area contributed by atoms with Crippen LogP contribution in [0, 0.1) is 11.3 Å². The highest BCUT2D eigenvalue weighted by molar-refractivity contribution is 5.77. The van der Waals surface area contributed by atoms with Crippen molar-refractivity contribution in [2.45, 2.75) is 12.6 Å². The van der Waals surface area contributed by atoms with E-state index in [9.17, 15) is 9.90 Å². The SMILES string of the molecule is N#Cc1ccc(-c2cnn(CC3C=CC(C=O)=CN3)c2O)cc1. The van der Waals surface area contributed by atoms with Crippen LogP contribution in [0.2, 0.25) is 0 Å². The summed E-state index contributed by atoms with van der Waals surface area (Å²) in [4.78, 5) is 10.6. The largest absolute Gasteiger partial charge is 0.493 e. The zero-order valence-electron chi connectivity index (χ0n) is 12.2. The number of hydrogen-bond donors (Lipinski definition) is 2. The Morgan fingerprint density at radius 2 is 2.17 bits per heavy atom. The van der Waals surface area contributed by atoms with Crippen LogP contribution in [0.5, 0.6) is 5.88 Å². The summed E-state index contributed by atoms with van der Waals surface area (Å²) >= 11 is 0. The molecule has 1 aromatic carbocycles. The zero-order valence-corrected chi connectivity index (χ0v) is 12.2. The Hall–Kier alpha value is -3.33. The minimum Gasteiger partial charge on any atom is -0.493 e. The number of nitrogens with one attached hydrogen (secondary N) is 1. The van der Waals surface area contributed by atoms with Gasteiger partial charge in [-0.1, -0.05) is 24.3 Å². The van der Waals surface area contributed by atoms with Gasteiger partial charge in [0.2, 0.25) is 5.88 Å². The number of aldehydes is 1. The summed E-state index contributed by atoms with van der Waals surface area (Å²) in [5.74, 6) is 0.0649. The number of aromatic nitrogens is 2. The van der Waals surface area contributed by atoms with Crippen LogP contribution in [0.25, 0.3) is 11.1 Å². The highest BCUT2D eigenvalue weighted by Gasteiger charge is 2.15. The van der Waals surface area contributed by atoms with Crippen molar-refractivity contribution in [3.63, 3.8) is 0 Å². The van der Waals surface area contributed by atoms with E-state index in [0.29, 0.717) is 23.2 Å². The Morgan fingerprint density at radius 1 is 1.39 bits per heavy atom. The fourth-order valence-corrected chi connectivity index (χ4v) is 2.35. The molecule has 0 spiro atoms. The van der Waals surface area contributed by atoms with Gasteiger partial charge in [0.05, 0.1) is 36.0 Å². The lowest BCUT2D eigenvalue weighted by molar-refractivity contribution is -0.104. The van der Waals surface area contributed by atoms with Crippen molar-refractivity contribution in [1.82, 2.24) is 15.1 Å². The van der Waals surface area contributed by atoms with E-state index in [-0.39, 0.29) is 11.9 Å². The minimum atomic E-state index is -0.0571. The van der Waals surface area contributed by atoms with Crippen molar-refractivity contribution in [3.05, 3.63) is 60.0 Å². The van der Waals surface area contributed by atoms with Crippen LogP contribution in [0.4, 0.5) is 0 Å². The smallest absolute Gasteiger partial charge is 0.217 e. The Kier molecular flexibility index (Phi) is 3.93. The summed E-state index contributed by atoms with van der Waals surface area (Å²) in [6.07, 6.45) is 7.59. The van der Waals surface area contributed by atoms with Crippen LogP contribution >= 0.6 is 0 Å². The summed E-state index contributed by atoms with van der Waals surface area (Å²) in [5.41, 5.74) is 2.54. The molecule has 2 aromatic rings. The molecule has 2 heterocycles. The van der Waals surface area contributed by atoms with E-state index in [1.54, 1.807) is 42.7 Å². The molecule has 6 heteroatoms. The van der Waals surface area contributed by atoms with Gasteiger partial charge in [-0.2, -0.15) is 10.4 Å². The van der Waals surface area contributed by atoms with E-state index in [2.05, 4.69) is 16.5 Å². The second-order valence-corrected chi connectivity index (χ2v) is 5.15. The molecule has 1 aromatic heterocycles. The highest BCUT2D eigenvalue weighted by atomic mass is 16.3. The number of aromatic hydroxyl groups is 1. The molecule has 0 amide bonds. The number of hydrogen-bond acceptors (Lipinski definition) is 5. The first-order valence-corrected chi connectivity index (χ1v) is 7.06. The summed E-state index contributed by atoms with van der Waals surface area (Å²) in [6.45, 7) is 0.432. The van der Waals surface area contributed by atoms with E-state index < -0.39 is 0 Å². The van der Waals surface area contributed by atoms with Gasteiger partial charge in [-0.05, 0) is 17.7 Å². The first-order chi connectivity index (χ1) is 11.2. The van der Waals surface area contributed by atoms with E-state index in [0.717, 1.165) is 11.8 Å². The molecule has 0 aliphatic carbocycles. The van der Waals surface area contributed by atoms with Gasteiger partial charge in [0.15, 0.2) is 6.29 Å². The van der Waals surface area contributed by atoms with Crippen molar-refractivity contribution in [2.75, 3.05) is 0 Å². The highest BCUT2D eigenvalue weighted by Crippen LogP contribution is 2.29. The molecule has 0 saturated carbocycles. The topological polar surface area (TPSA) is 90.9 Å². The van der Waals surface area contributed by atoms with Crippen molar-refractivity contribution in [1.29, 1.82) is 5.26 Å². The van der Waals surface area contributed by atoms with Crippen LogP contribution in [-0.2, 0) is 11.3 Å². The molecule has 0 radical (unpaired) electrons. The number of nitrogens with zero attached hydrogens (tertiary/aromatic N) is 3. The molecular formula is C17H14N4O2.